The number of aromatic nitrogens is 3. The van der Waals surface area contributed by atoms with Gasteiger partial charge in [-0.2, -0.15) is 0 Å². The van der Waals surface area contributed by atoms with Crippen LogP contribution in [0.2, 0.25) is 0 Å². The first-order chi connectivity index (χ1) is 9.31. The van der Waals surface area contributed by atoms with Crippen LogP contribution in [0, 0.1) is 0 Å². The zero-order valence-corrected chi connectivity index (χ0v) is 10.9. The maximum absolute atomic E-state index is 12.1. The molecule has 100 valence electrons. The van der Waals surface area contributed by atoms with Crippen LogP contribution >= 0.6 is 0 Å². The normalized spacial score (nSPS) is 21.1. The number of hydrogen-bond acceptors (Lipinski definition) is 3. The predicted molar refractivity (Wildman–Crippen MR) is 72.6 cm³/mol. The molecule has 1 aliphatic carbocycles. The fourth-order valence-corrected chi connectivity index (χ4v) is 2.96. The van der Waals surface area contributed by atoms with Crippen molar-refractivity contribution in [3.63, 3.8) is 0 Å². The summed E-state index contributed by atoms with van der Waals surface area (Å²) in [5.74, 6) is 2.01. The lowest BCUT2D eigenvalue weighted by molar-refractivity contribution is 0.445. The molecule has 0 amide bonds. The summed E-state index contributed by atoms with van der Waals surface area (Å²) in [6.45, 7) is 2.06. The van der Waals surface area contributed by atoms with Crippen molar-refractivity contribution in [1.82, 2.24) is 19.9 Å². The van der Waals surface area contributed by atoms with E-state index in [1.54, 1.807) is 10.6 Å². The molecule has 5 nitrogen and oxygen atoms in total. The molecule has 0 unspecified atom stereocenters. The number of fused-ring (bicyclic) bond motifs is 1. The summed E-state index contributed by atoms with van der Waals surface area (Å²) in [6.07, 6.45) is 4.59. The van der Waals surface area contributed by atoms with Gasteiger partial charge in [0.25, 0.3) is 5.56 Å². The monoisotopic (exact) mass is 258 g/mol. The summed E-state index contributed by atoms with van der Waals surface area (Å²) < 4.78 is 1.59. The van der Waals surface area contributed by atoms with Crippen molar-refractivity contribution in [3.05, 3.63) is 33.9 Å². The number of hydrogen-bond donors (Lipinski definition) is 2. The Hall–Kier alpha value is -1.62. The number of pyridine rings is 1. The number of piperidine rings is 1. The molecule has 1 aliphatic heterocycles. The van der Waals surface area contributed by atoms with Crippen molar-refractivity contribution in [1.29, 1.82) is 0 Å². The molecule has 2 aromatic heterocycles. The lowest BCUT2D eigenvalue weighted by Crippen LogP contribution is -2.27. The fourth-order valence-electron chi connectivity index (χ4n) is 2.96. The lowest BCUT2D eigenvalue weighted by atomic mass is 9.98. The van der Waals surface area contributed by atoms with Crippen molar-refractivity contribution in [2.24, 2.45) is 0 Å². The molecule has 0 radical (unpaired) electrons. The molecule has 0 atom stereocenters. The molecular weight excluding hydrogens is 240 g/mol. The largest absolute Gasteiger partial charge is 0.317 e. The second-order valence-corrected chi connectivity index (χ2v) is 5.73. The van der Waals surface area contributed by atoms with Crippen molar-refractivity contribution in [3.8, 4) is 0 Å². The van der Waals surface area contributed by atoms with Gasteiger partial charge in [-0.25, -0.2) is 9.50 Å². The fraction of sp³-hybridized carbons (Fsp3) is 0.571. The van der Waals surface area contributed by atoms with E-state index in [0.717, 1.165) is 43.0 Å². The van der Waals surface area contributed by atoms with Crippen molar-refractivity contribution in [2.45, 2.75) is 37.5 Å². The minimum atomic E-state index is 0.0204. The van der Waals surface area contributed by atoms with E-state index >= 15 is 0 Å². The molecule has 2 aliphatic rings. The van der Waals surface area contributed by atoms with Gasteiger partial charge < -0.3 is 5.32 Å². The molecule has 2 N–H and O–H groups in total. The smallest absolute Gasteiger partial charge is 0.271 e. The van der Waals surface area contributed by atoms with E-state index in [0.29, 0.717) is 11.8 Å². The Morgan fingerprint density at radius 1 is 1.11 bits per heavy atom. The minimum Gasteiger partial charge on any atom is -0.317 e. The summed E-state index contributed by atoms with van der Waals surface area (Å²) in [6, 6.07) is 3.83. The number of nitrogens with zero attached hydrogens (tertiary/aromatic N) is 2. The van der Waals surface area contributed by atoms with Gasteiger partial charge in [0.1, 0.15) is 5.82 Å². The Morgan fingerprint density at radius 3 is 2.63 bits per heavy atom. The predicted octanol–water partition coefficient (Wildman–Crippen LogP) is 1.37. The molecule has 5 heteroatoms. The maximum atomic E-state index is 12.1. The second-order valence-electron chi connectivity index (χ2n) is 5.73. The molecule has 0 spiro atoms. The Bertz CT molecular complexity index is 662. The van der Waals surface area contributed by atoms with Crippen LogP contribution in [0.25, 0.3) is 5.65 Å². The first-order valence-corrected chi connectivity index (χ1v) is 7.14. The summed E-state index contributed by atoms with van der Waals surface area (Å²) in [5.41, 5.74) is 1.96. The van der Waals surface area contributed by atoms with Crippen molar-refractivity contribution < 1.29 is 0 Å². The number of aromatic amines is 1. The quantitative estimate of drug-likeness (QED) is 0.855. The average Bonchev–Trinajstić information content (AvgIpc) is 3.19. The Labute approximate surface area is 111 Å². The maximum Gasteiger partial charge on any atom is 0.271 e. The zero-order chi connectivity index (χ0) is 12.8. The van der Waals surface area contributed by atoms with Gasteiger partial charge in [-0.05, 0) is 56.3 Å². The SMILES string of the molecule is O=c1cc(C2CC2)cc2nc(C3CCNCC3)[nH]n12. The molecule has 19 heavy (non-hydrogen) atoms. The van der Waals surface area contributed by atoms with Gasteiger partial charge in [-0.1, -0.05) is 0 Å². The van der Waals surface area contributed by atoms with E-state index in [1.165, 1.54) is 12.8 Å². The average molecular weight is 258 g/mol. The summed E-state index contributed by atoms with van der Waals surface area (Å²) in [5, 5.41) is 6.54. The third-order valence-corrected chi connectivity index (χ3v) is 4.27. The van der Waals surface area contributed by atoms with Crippen molar-refractivity contribution in [2.75, 3.05) is 13.1 Å². The molecule has 1 saturated carbocycles. The third kappa shape index (κ3) is 1.98. The highest BCUT2D eigenvalue weighted by Crippen LogP contribution is 2.39. The number of rotatable bonds is 2. The van der Waals surface area contributed by atoms with E-state index in [4.69, 9.17) is 0 Å². The van der Waals surface area contributed by atoms with Gasteiger partial charge in [0.15, 0.2) is 5.65 Å². The molecular formula is C14H18N4O. The molecule has 3 heterocycles. The van der Waals surface area contributed by atoms with Crippen molar-refractivity contribution >= 4 is 5.65 Å². The highest BCUT2D eigenvalue weighted by atomic mass is 16.1. The molecule has 0 bridgehead atoms. The number of H-pyrrole nitrogens is 1. The van der Waals surface area contributed by atoms with Crippen LogP contribution in [-0.2, 0) is 0 Å². The van der Waals surface area contributed by atoms with Gasteiger partial charge in [-0.15, -0.1) is 0 Å². The number of nitrogens with one attached hydrogen (secondary N) is 2. The molecule has 0 aromatic carbocycles. The van der Waals surface area contributed by atoms with Crippen LogP contribution in [0.3, 0.4) is 0 Å². The molecule has 4 rings (SSSR count). The first-order valence-electron chi connectivity index (χ1n) is 7.14. The van der Waals surface area contributed by atoms with Crippen LogP contribution < -0.4 is 10.9 Å². The van der Waals surface area contributed by atoms with E-state index in [-0.39, 0.29) is 5.56 Å². The third-order valence-electron chi connectivity index (χ3n) is 4.27. The van der Waals surface area contributed by atoms with Gasteiger partial charge >= 0.3 is 0 Å². The molecule has 2 aromatic rings. The van der Waals surface area contributed by atoms with E-state index in [2.05, 4.69) is 21.5 Å². The second kappa shape index (κ2) is 4.20. The van der Waals surface area contributed by atoms with Crippen LogP contribution in [0.15, 0.2) is 16.9 Å². The zero-order valence-electron chi connectivity index (χ0n) is 10.9. The standard InChI is InChI=1S/C14H18N4O/c19-13-8-11(9-1-2-9)7-12-16-14(17-18(12)13)10-3-5-15-6-4-10/h7-10,15H,1-6H2,(H,16,17). The summed E-state index contributed by atoms with van der Waals surface area (Å²) >= 11 is 0. The van der Waals surface area contributed by atoms with Gasteiger partial charge in [0.05, 0.1) is 0 Å². The summed E-state index contributed by atoms with van der Waals surface area (Å²) in [4.78, 5) is 16.8. The van der Waals surface area contributed by atoms with Crippen LogP contribution in [0.5, 0.6) is 0 Å². The molecule has 1 saturated heterocycles. The summed E-state index contributed by atoms with van der Waals surface area (Å²) in [7, 11) is 0. The van der Waals surface area contributed by atoms with Gasteiger partial charge in [-0.3, -0.25) is 9.89 Å². The van der Waals surface area contributed by atoms with Crippen LogP contribution in [0.4, 0.5) is 0 Å². The Balaban J connectivity index is 1.77. The lowest BCUT2D eigenvalue weighted by Gasteiger charge is -2.19. The van der Waals surface area contributed by atoms with Gasteiger partial charge in [0, 0.05) is 12.0 Å². The molecule has 2 fully saturated rings. The van der Waals surface area contributed by atoms with E-state index in [1.807, 2.05) is 0 Å². The Kier molecular flexibility index (Phi) is 2.48. The topological polar surface area (TPSA) is 62.2 Å². The first kappa shape index (κ1) is 11.2. The highest BCUT2D eigenvalue weighted by Gasteiger charge is 2.25. The van der Waals surface area contributed by atoms with Crippen LogP contribution in [0.1, 0.15) is 48.9 Å². The Morgan fingerprint density at radius 2 is 1.89 bits per heavy atom. The highest BCUT2D eigenvalue weighted by molar-refractivity contribution is 5.43. The van der Waals surface area contributed by atoms with Gasteiger partial charge in [0.2, 0.25) is 0 Å². The van der Waals surface area contributed by atoms with E-state index in [9.17, 15) is 4.79 Å². The minimum absolute atomic E-state index is 0.0204. The van der Waals surface area contributed by atoms with Crippen LogP contribution in [-0.4, -0.2) is 27.7 Å². The van der Waals surface area contributed by atoms with E-state index < -0.39 is 0 Å².